The van der Waals surface area contributed by atoms with Crippen LogP contribution in [0.15, 0.2) is 18.2 Å². The molecule has 1 fully saturated rings. The molecule has 6 nitrogen and oxygen atoms in total. The highest BCUT2D eigenvalue weighted by Gasteiger charge is 2.48. The Labute approximate surface area is 123 Å². The van der Waals surface area contributed by atoms with Crippen molar-refractivity contribution in [2.45, 2.75) is 19.9 Å². The van der Waals surface area contributed by atoms with Crippen LogP contribution >= 0.6 is 0 Å². The van der Waals surface area contributed by atoms with E-state index in [9.17, 15) is 9.59 Å². The highest BCUT2D eigenvalue weighted by atomic mass is 16.5. The number of carbonyl (C=O) groups is 2. The summed E-state index contributed by atoms with van der Waals surface area (Å²) in [6.45, 7) is 2.74. The van der Waals surface area contributed by atoms with E-state index in [0.717, 1.165) is 5.56 Å². The second-order valence-electron chi connectivity index (χ2n) is 4.92. The number of rotatable bonds is 7. The summed E-state index contributed by atoms with van der Waals surface area (Å²) in [5.41, 5.74) is 0.875. The molecule has 0 heterocycles. The lowest BCUT2D eigenvalue weighted by Crippen LogP contribution is -2.25. The third-order valence-corrected chi connectivity index (χ3v) is 3.44. The zero-order valence-corrected chi connectivity index (χ0v) is 12.1. The van der Waals surface area contributed by atoms with Crippen molar-refractivity contribution in [2.75, 3.05) is 13.7 Å². The predicted octanol–water partition coefficient (Wildman–Crippen LogP) is 1.43. The highest BCUT2D eigenvalue weighted by Crippen LogP contribution is 2.38. The number of nitrogens with one attached hydrogen (secondary N) is 1. The molecule has 1 aromatic rings. The predicted molar refractivity (Wildman–Crippen MR) is 75.2 cm³/mol. The van der Waals surface area contributed by atoms with Crippen molar-refractivity contribution in [3.63, 3.8) is 0 Å². The van der Waals surface area contributed by atoms with Crippen molar-refractivity contribution >= 4 is 11.9 Å². The van der Waals surface area contributed by atoms with Gasteiger partial charge in [-0.05, 0) is 31.0 Å². The van der Waals surface area contributed by atoms with Crippen LogP contribution in [0.1, 0.15) is 18.9 Å². The molecule has 0 unspecified atom stereocenters. The van der Waals surface area contributed by atoms with E-state index in [4.69, 9.17) is 14.6 Å². The number of hydrogen-bond acceptors (Lipinski definition) is 4. The van der Waals surface area contributed by atoms with E-state index in [1.165, 1.54) is 0 Å². The van der Waals surface area contributed by atoms with Crippen molar-refractivity contribution in [2.24, 2.45) is 11.8 Å². The molecule has 0 bridgehead atoms. The first kappa shape index (κ1) is 15.2. The quantitative estimate of drug-likeness (QED) is 0.794. The van der Waals surface area contributed by atoms with Gasteiger partial charge in [0.05, 0.1) is 25.6 Å². The summed E-state index contributed by atoms with van der Waals surface area (Å²) in [5, 5.41) is 11.6. The fourth-order valence-electron chi connectivity index (χ4n) is 2.18. The molecule has 1 saturated carbocycles. The van der Waals surface area contributed by atoms with Crippen LogP contribution in [0.5, 0.6) is 11.5 Å². The summed E-state index contributed by atoms with van der Waals surface area (Å²) >= 11 is 0. The second-order valence-corrected chi connectivity index (χ2v) is 4.92. The first-order valence-electron chi connectivity index (χ1n) is 6.87. The van der Waals surface area contributed by atoms with Crippen LogP contribution < -0.4 is 14.8 Å². The fourth-order valence-corrected chi connectivity index (χ4v) is 2.18. The Morgan fingerprint density at radius 3 is 2.67 bits per heavy atom. The summed E-state index contributed by atoms with van der Waals surface area (Å²) < 4.78 is 10.7. The number of carboxylic acid groups (broad SMARTS) is 1. The Morgan fingerprint density at radius 1 is 1.33 bits per heavy atom. The first-order chi connectivity index (χ1) is 10.1. The molecule has 1 aliphatic carbocycles. The van der Waals surface area contributed by atoms with Gasteiger partial charge in [0.1, 0.15) is 0 Å². The topological polar surface area (TPSA) is 84.9 Å². The molecule has 2 N–H and O–H groups in total. The van der Waals surface area contributed by atoms with Gasteiger partial charge in [-0.2, -0.15) is 0 Å². The van der Waals surface area contributed by atoms with Crippen LogP contribution in [0.4, 0.5) is 0 Å². The maximum atomic E-state index is 11.8. The minimum Gasteiger partial charge on any atom is -0.493 e. The maximum Gasteiger partial charge on any atom is 0.307 e. The van der Waals surface area contributed by atoms with Crippen molar-refractivity contribution in [1.29, 1.82) is 0 Å². The smallest absolute Gasteiger partial charge is 0.307 e. The van der Waals surface area contributed by atoms with Crippen LogP contribution in [0.3, 0.4) is 0 Å². The van der Waals surface area contributed by atoms with Gasteiger partial charge >= 0.3 is 5.97 Å². The van der Waals surface area contributed by atoms with E-state index < -0.39 is 17.8 Å². The van der Waals surface area contributed by atoms with Crippen molar-refractivity contribution < 1.29 is 24.2 Å². The summed E-state index contributed by atoms with van der Waals surface area (Å²) in [5.74, 6) is -0.775. The van der Waals surface area contributed by atoms with Gasteiger partial charge in [0.15, 0.2) is 11.5 Å². The van der Waals surface area contributed by atoms with Gasteiger partial charge in [-0.3, -0.25) is 9.59 Å². The standard InChI is InChI=1S/C15H19NO5/c1-3-21-13-6-9(4-5-12(13)20-2)8-16-14(17)10-7-11(10)15(18)19/h4-6,10-11H,3,7-8H2,1-2H3,(H,16,17)(H,18,19)/t10-,11-/m0/s1. The Hall–Kier alpha value is -2.24. The van der Waals surface area contributed by atoms with E-state index in [2.05, 4.69) is 5.32 Å². The van der Waals surface area contributed by atoms with Gasteiger partial charge < -0.3 is 19.9 Å². The maximum absolute atomic E-state index is 11.8. The van der Waals surface area contributed by atoms with Crippen LogP contribution in [-0.4, -0.2) is 30.7 Å². The van der Waals surface area contributed by atoms with Crippen LogP contribution in [-0.2, 0) is 16.1 Å². The lowest BCUT2D eigenvalue weighted by molar-refractivity contribution is -0.140. The molecule has 1 aromatic carbocycles. The van der Waals surface area contributed by atoms with Crippen molar-refractivity contribution in [1.82, 2.24) is 5.32 Å². The van der Waals surface area contributed by atoms with E-state index in [1.807, 2.05) is 19.1 Å². The number of methoxy groups -OCH3 is 1. The first-order valence-corrected chi connectivity index (χ1v) is 6.87. The molecular weight excluding hydrogens is 274 g/mol. The Bertz CT molecular complexity index is 543. The van der Waals surface area contributed by atoms with Gasteiger partial charge in [-0.15, -0.1) is 0 Å². The number of ether oxygens (including phenoxy) is 2. The normalized spacial score (nSPS) is 19.7. The average Bonchev–Trinajstić information content (AvgIpc) is 3.26. The number of benzene rings is 1. The largest absolute Gasteiger partial charge is 0.493 e. The number of aliphatic carboxylic acids is 1. The number of hydrogen-bond donors (Lipinski definition) is 2. The fraction of sp³-hybridized carbons (Fsp3) is 0.467. The van der Waals surface area contributed by atoms with E-state index in [1.54, 1.807) is 13.2 Å². The highest BCUT2D eigenvalue weighted by molar-refractivity contribution is 5.89. The van der Waals surface area contributed by atoms with Gasteiger partial charge in [-0.1, -0.05) is 6.07 Å². The summed E-state index contributed by atoms with van der Waals surface area (Å²) in [6.07, 6.45) is 0.425. The molecule has 21 heavy (non-hydrogen) atoms. The third kappa shape index (κ3) is 3.65. The molecule has 114 valence electrons. The molecule has 1 amide bonds. The van der Waals surface area contributed by atoms with Gasteiger partial charge in [0, 0.05) is 6.54 Å². The van der Waals surface area contributed by atoms with Crippen LogP contribution in [0.2, 0.25) is 0 Å². The van der Waals surface area contributed by atoms with Gasteiger partial charge in [0.25, 0.3) is 0 Å². The molecule has 1 aliphatic rings. The van der Waals surface area contributed by atoms with E-state index in [0.29, 0.717) is 31.1 Å². The summed E-state index contributed by atoms with van der Waals surface area (Å²) in [7, 11) is 1.57. The Morgan fingerprint density at radius 2 is 2.10 bits per heavy atom. The average molecular weight is 293 g/mol. The zero-order chi connectivity index (χ0) is 15.4. The SMILES string of the molecule is CCOc1cc(CNC(=O)[C@H]2C[C@@H]2C(=O)O)ccc1OC. The van der Waals surface area contributed by atoms with Crippen molar-refractivity contribution in [3.8, 4) is 11.5 Å². The number of carbonyl (C=O) groups excluding carboxylic acids is 1. The number of carboxylic acids is 1. The van der Waals surface area contributed by atoms with Gasteiger partial charge in [-0.25, -0.2) is 0 Å². The summed E-state index contributed by atoms with van der Waals surface area (Å²) in [6, 6.07) is 5.43. The molecule has 6 heteroatoms. The lowest BCUT2D eigenvalue weighted by Gasteiger charge is -2.11. The lowest BCUT2D eigenvalue weighted by atomic mass is 10.2. The second kappa shape index (κ2) is 6.47. The van der Waals surface area contributed by atoms with Crippen LogP contribution in [0.25, 0.3) is 0 Å². The molecule has 0 aliphatic heterocycles. The molecule has 0 radical (unpaired) electrons. The number of amides is 1. The molecule has 2 rings (SSSR count). The zero-order valence-electron chi connectivity index (χ0n) is 12.1. The molecule has 0 saturated heterocycles. The Balaban J connectivity index is 1.93. The van der Waals surface area contributed by atoms with E-state index >= 15 is 0 Å². The summed E-state index contributed by atoms with van der Waals surface area (Å²) in [4.78, 5) is 22.5. The minimum atomic E-state index is -0.904. The third-order valence-electron chi connectivity index (χ3n) is 3.44. The molecule has 0 aromatic heterocycles. The molecular formula is C15H19NO5. The van der Waals surface area contributed by atoms with Crippen LogP contribution in [0, 0.1) is 11.8 Å². The van der Waals surface area contributed by atoms with E-state index in [-0.39, 0.29) is 5.91 Å². The minimum absolute atomic E-state index is 0.212. The van der Waals surface area contributed by atoms with Crippen molar-refractivity contribution in [3.05, 3.63) is 23.8 Å². The Kier molecular flexibility index (Phi) is 4.67. The molecule has 2 atom stereocenters. The monoisotopic (exact) mass is 293 g/mol. The molecule has 0 spiro atoms. The van der Waals surface area contributed by atoms with Gasteiger partial charge in [0.2, 0.25) is 5.91 Å².